The zero-order valence-corrected chi connectivity index (χ0v) is 22.7. The minimum Gasteiger partial charge on any atom is -0.481 e. The minimum absolute atomic E-state index is 0.0143. The Morgan fingerprint density at radius 3 is 2.60 bits per heavy atom. The number of allylic oxidation sites excluding steroid dienone is 1. The molecule has 4 fully saturated rings. The summed E-state index contributed by atoms with van der Waals surface area (Å²) in [6.07, 6.45) is 6.47. The molecule has 9 atom stereocenters. The molecule has 1 saturated heterocycles. The number of rotatable bonds is 6. The van der Waals surface area contributed by atoms with Gasteiger partial charge in [-0.1, -0.05) is 59.6 Å². The number of ether oxygens (including phenoxy) is 2. The summed E-state index contributed by atoms with van der Waals surface area (Å²) in [7, 11) is 2.09. The Balaban J connectivity index is 1.55. The highest BCUT2D eigenvalue weighted by Crippen LogP contribution is 2.82. The van der Waals surface area contributed by atoms with Crippen molar-refractivity contribution in [3.05, 3.63) is 11.6 Å². The van der Waals surface area contributed by atoms with Crippen LogP contribution in [0.1, 0.15) is 67.2 Å². The number of carboxylic acid groups (broad SMARTS) is 1. The standard InChI is InChI=1S/C29H45NO5/c1-17(2)22-10-19-11-27(15-31)21-9-8-18(3)20(21)12-28(19,29(22,27)25(32)33)16-34-24-14-30(7)13-23(35-24)26(4,5)6/h10,15,17-21,23-24H,8-9,11-14,16H2,1-7H3,(H,32,33)/t18-,19+,20-,21-,23?,24-,27-,28+,29+/m1/s1. The first kappa shape index (κ1) is 25.4. The summed E-state index contributed by atoms with van der Waals surface area (Å²) in [6.45, 7) is 14.9. The van der Waals surface area contributed by atoms with E-state index in [2.05, 4.69) is 59.6 Å². The number of likely N-dealkylation sites (N-methyl/N-ethyl adjacent to an activating group) is 1. The first-order valence-corrected chi connectivity index (χ1v) is 13.7. The van der Waals surface area contributed by atoms with Gasteiger partial charge in [0.1, 0.15) is 11.7 Å². The number of hydrogen-bond acceptors (Lipinski definition) is 5. The van der Waals surface area contributed by atoms with Gasteiger partial charge < -0.3 is 19.4 Å². The number of morpholine rings is 1. The molecule has 3 saturated carbocycles. The second-order valence-corrected chi connectivity index (χ2v) is 13.9. The van der Waals surface area contributed by atoms with Crippen LogP contribution >= 0.6 is 0 Å². The molecule has 5 aliphatic rings. The molecule has 35 heavy (non-hydrogen) atoms. The second-order valence-electron chi connectivity index (χ2n) is 13.9. The fourth-order valence-corrected chi connectivity index (χ4v) is 9.33. The van der Waals surface area contributed by atoms with Crippen LogP contribution in [0.5, 0.6) is 0 Å². The van der Waals surface area contributed by atoms with E-state index < -0.39 is 28.5 Å². The number of nitrogens with zero attached hydrogens (tertiary/aromatic N) is 1. The van der Waals surface area contributed by atoms with Crippen LogP contribution in [0, 0.1) is 51.2 Å². The lowest BCUT2D eigenvalue weighted by Gasteiger charge is -2.58. The highest BCUT2D eigenvalue weighted by Gasteiger charge is 2.84. The molecule has 0 spiro atoms. The summed E-state index contributed by atoms with van der Waals surface area (Å²) in [5, 5.41) is 11.1. The van der Waals surface area contributed by atoms with Crippen molar-refractivity contribution < 1.29 is 24.2 Å². The molecule has 6 nitrogen and oxygen atoms in total. The summed E-state index contributed by atoms with van der Waals surface area (Å²) >= 11 is 0. The van der Waals surface area contributed by atoms with Gasteiger partial charge in [-0.3, -0.25) is 9.69 Å². The minimum atomic E-state index is -1.18. The number of aliphatic carboxylic acids is 1. The van der Waals surface area contributed by atoms with E-state index in [0.29, 0.717) is 31.4 Å². The summed E-state index contributed by atoms with van der Waals surface area (Å²) < 4.78 is 13.1. The van der Waals surface area contributed by atoms with E-state index in [0.717, 1.165) is 37.7 Å². The second kappa shape index (κ2) is 8.13. The Bertz CT molecular complexity index is 923. The predicted octanol–water partition coefficient (Wildman–Crippen LogP) is 4.63. The summed E-state index contributed by atoms with van der Waals surface area (Å²) in [4.78, 5) is 28.9. The summed E-state index contributed by atoms with van der Waals surface area (Å²) in [6, 6.07) is 0. The highest BCUT2D eigenvalue weighted by atomic mass is 16.7. The molecule has 0 aromatic carbocycles. The fourth-order valence-electron chi connectivity index (χ4n) is 9.33. The maximum absolute atomic E-state index is 13.5. The van der Waals surface area contributed by atoms with Crippen LogP contribution in [-0.4, -0.2) is 61.4 Å². The zero-order chi connectivity index (χ0) is 25.6. The maximum atomic E-state index is 13.5. The van der Waals surface area contributed by atoms with Gasteiger partial charge in [0.05, 0.1) is 18.1 Å². The van der Waals surface area contributed by atoms with Crippen molar-refractivity contribution in [1.82, 2.24) is 4.90 Å². The maximum Gasteiger partial charge on any atom is 0.315 e. The molecule has 196 valence electrons. The SMILES string of the molecule is CC(C)C1=C[C@H]2C[C@@]3(C=O)[C@@H]4CC[C@@H](C)[C@H]4C[C@@]2(CO[C@H]2CN(C)CC(C(C)(C)C)O2)[C@]13C(=O)O. The van der Waals surface area contributed by atoms with E-state index in [4.69, 9.17) is 9.47 Å². The fraction of sp³-hybridized carbons (Fsp3) is 0.862. The number of carboxylic acids is 1. The van der Waals surface area contributed by atoms with Crippen molar-refractivity contribution in [2.45, 2.75) is 79.6 Å². The first-order valence-electron chi connectivity index (χ1n) is 13.7. The van der Waals surface area contributed by atoms with Crippen molar-refractivity contribution in [3.8, 4) is 0 Å². The third-order valence-electron chi connectivity index (χ3n) is 10.9. The van der Waals surface area contributed by atoms with Crippen LogP contribution < -0.4 is 0 Å². The molecule has 4 aliphatic carbocycles. The molecule has 0 radical (unpaired) electrons. The first-order chi connectivity index (χ1) is 16.3. The third kappa shape index (κ3) is 3.18. The average Bonchev–Trinajstić information content (AvgIpc) is 3.34. The Hall–Kier alpha value is -1.24. The van der Waals surface area contributed by atoms with Crippen molar-refractivity contribution in [3.63, 3.8) is 0 Å². The van der Waals surface area contributed by atoms with Gasteiger partial charge in [0, 0.05) is 18.5 Å². The highest BCUT2D eigenvalue weighted by molar-refractivity contribution is 5.90. The van der Waals surface area contributed by atoms with E-state index in [-0.39, 0.29) is 29.3 Å². The van der Waals surface area contributed by atoms with E-state index in [1.54, 1.807) is 0 Å². The van der Waals surface area contributed by atoms with Gasteiger partial charge in [-0.05, 0) is 61.3 Å². The number of carbonyl (C=O) groups excluding carboxylic acids is 1. The van der Waals surface area contributed by atoms with Crippen LogP contribution in [-0.2, 0) is 19.1 Å². The monoisotopic (exact) mass is 487 g/mol. The Morgan fingerprint density at radius 2 is 2.00 bits per heavy atom. The van der Waals surface area contributed by atoms with Crippen LogP contribution in [0.4, 0.5) is 0 Å². The van der Waals surface area contributed by atoms with Crippen molar-refractivity contribution in [2.24, 2.45) is 51.2 Å². The number of hydrogen-bond donors (Lipinski definition) is 1. The molecule has 6 heteroatoms. The normalized spacial score (nSPS) is 47.1. The molecule has 1 heterocycles. The lowest BCUT2D eigenvalue weighted by Crippen LogP contribution is -2.64. The molecule has 1 unspecified atom stereocenters. The lowest BCUT2D eigenvalue weighted by molar-refractivity contribution is -0.250. The van der Waals surface area contributed by atoms with E-state index in [1.807, 2.05) is 0 Å². The van der Waals surface area contributed by atoms with Gasteiger partial charge in [-0.2, -0.15) is 0 Å². The molecular weight excluding hydrogens is 442 g/mol. The van der Waals surface area contributed by atoms with E-state index in [1.165, 1.54) is 0 Å². The molecular formula is C29H45NO5. The molecule has 0 amide bonds. The molecule has 4 bridgehead atoms. The smallest absolute Gasteiger partial charge is 0.315 e. The van der Waals surface area contributed by atoms with Gasteiger partial charge in [0.25, 0.3) is 0 Å². The molecule has 0 aromatic rings. The quantitative estimate of drug-likeness (QED) is 0.435. The molecule has 0 aromatic heterocycles. The Labute approximate surface area is 210 Å². The number of fused-ring (bicyclic) bond motifs is 2. The van der Waals surface area contributed by atoms with Gasteiger partial charge in [-0.25, -0.2) is 0 Å². The summed E-state index contributed by atoms with van der Waals surface area (Å²) in [5.41, 5.74) is -1.68. The Kier molecular flexibility index (Phi) is 5.90. The Morgan fingerprint density at radius 1 is 1.29 bits per heavy atom. The van der Waals surface area contributed by atoms with E-state index in [9.17, 15) is 14.7 Å². The molecule has 1 N–H and O–H groups in total. The largest absolute Gasteiger partial charge is 0.481 e. The van der Waals surface area contributed by atoms with Gasteiger partial charge in [-0.15, -0.1) is 0 Å². The zero-order valence-electron chi connectivity index (χ0n) is 22.7. The number of carbonyl (C=O) groups is 2. The predicted molar refractivity (Wildman–Crippen MR) is 134 cm³/mol. The summed E-state index contributed by atoms with van der Waals surface area (Å²) in [5.74, 6) is 0.339. The van der Waals surface area contributed by atoms with Crippen LogP contribution in [0.3, 0.4) is 0 Å². The van der Waals surface area contributed by atoms with Crippen molar-refractivity contribution in [2.75, 3.05) is 26.7 Å². The van der Waals surface area contributed by atoms with Gasteiger partial charge in [0.2, 0.25) is 0 Å². The van der Waals surface area contributed by atoms with Crippen LogP contribution in [0.15, 0.2) is 11.6 Å². The van der Waals surface area contributed by atoms with Crippen molar-refractivity contribution in [1.29, 1.82) is 0 Å². The van der Waals surface area contributed by atoms with E-state index >= 15 is 0 Å². The van der Waals surface area contributed by atoms with Gasteiger partial charge >= 0.3 is 5.97 Å². The number of aldehydes is 1. The van der Waals surface area contributed by atoms with Gasteiger partial charge in [0.15, 0.2) is 6.29 Å². The molecule has 1 aliphatic heterocycles. The average molecular weight is 488 g/mol. The van der Waals surface area contributed by atoms with Crippen LogP contribution in [0.25, 0.3) is 0 Å². The lowest BCUT2D eigenvalue weighted by atomic mass is 9.43. The third-order valence-corrected chi connectivity index (χ3v) is 10.9. The van der Waals surface area contributed by atoms with Crippen LogP contribution in [0.2, 0.25) is 0 Å². The topological polar surface area (TPSA) is 76.1 Å². The van der Waals surface area contributed by atoms with Crippen molar-refractivity contribution >= 4 is 12.3 Å². The molecule has 5 rings (SSSR count).